The minimum atomic E-state index is -4.43. The molecule has 184 valence electrons. The van der Waals surface area contributed by atoms with Crippen molar-refractivity contribution in [2.75, 3.05) is 18.9 Å². The van der Waals surface area contributed by atoms with Crippen LogP contribution in [-0.4, -0.2) is 38.6 Å². The maximum atomic E-state index is 13.0. The molecule has 0 fully saturated rings. The lowest BCUT2D eigenvalue weighted by Gasteiger charge is -2.15. The van der Waals surface area contributed by atoms with Crippen molar-refractivity contribution < 1.29 is 32.7 Å². The Kier molecular flexibility index (Phi) is 8.00. The summed E-state index contributed by atoms with van der Waals surface area (Å²) in [5, 5.41) is 21.8. The summed E-state index contributed by atoms with van der Waals surface area (Å²) in [7, 11) is -1.84. The predicted octanol–water partition coefficient (Wildman–Crippen LogP) is 5.57. The summed E-state index contributed by atoms with van der Waals surface area (Å²) >= 11 is 12.9. The number of carboxylic acid groups (broad SMARTS) is 1. The molecular weight excluding hydrogens is 543 g/mol. The normalized spacial score (nSPS) is 11.1. The van der Waals surface area contributed by atoms with Crippen LogP contribution in [0.2, 0.25) is 10.0 Å². The third-order valence-corrected chi connectivity index (χ3v) is 7.71. The fraction of sp³-hybridized carbons (Fsp3) is 0.0952. The molecule has 0 saturated carbocycles. The maximum Gasteiger partial charge on any atom is 0.337 e. The van der Waals surface area contributed by atoms with Crippen LogP contribution in [0.4, 0.5) is 11.4 Å². The molecule has 2 N–H and O–H groups in total. The van der Waals surface area contributed by atoms with Crippen molar-refractivity contribution in [2.45, 2.75) is 14.7 Å². The van der Waals surface area contributed by atoms with Gasteiger partial charge in [-0.3, -0.25) is 14.8 Å². The summed E-state index contributed by atoms with van der Waals surface area (Å²) in [4.78, 5) is 22.9. The van der Waals surface area contributed by atoms with Crippen LogP contribution < -0.4 is 14.2 Å². The summed E-state index contributed by atoms with van der Waals surface area (Å²) < 4.78 is 38.4. The number of benzene rings is 3. The highest BCUT2D eigenvalue weighted by Gasteiger charge is 2.25. The predicted molar refractivity (Wildman–Crippen MR) is 131 cm³/mol. The minimum absolute atomic E-state index is 0.0761. The van der Waals surface area contributed by atoms with E-state index in [2.05, 4.69) is 4.72 Å². The molecule has 0 aliphatic rings. The van der Waals surface area contributed by atoms with Gasteiger partial charge in [0.25, 0.3) is 15.7 Å². The van der Waals surface area contributed by atoms with Gasteiger partial charge in [0.1, 0.15) is 0 Å². The average molecular weight is 559 g/mol. The van der Waals surface area contributed by atoms with E-state index < -0.39 is 37.1 Å². The number of nitro groups is 1. The lowest BCUT2D eigenvalue weighted by Crippen LogP contribution is -2.16. The van der Waals surface area contributed by atoms with Gasteiger partial charge in [-0.2, -0.15) is 0 Å². The Balaban J connectivity index is 2.02. The molecule has 10 nitrogen and oxygen atoms in total. The SMILES string of the molecule is COc1cc(NS(=O)(=O)c2ccc(Sc3ccc(Cl)c(Cl)c3)c([N+](=O)[O-])c2)c(C(=O)O)cc1OC. The Morgan fingerprint density at radius 3 is 2.26 bits per heavy atom. The van der Waals surface area contributed by atoms with Crippen molar-refractivity contribution in [3.63, 3.8) is 0 Å². The Labute approximate surface area is 214 Å². The van der Waals surface area contributed by atoms with Crippen LogP contribution in [0.3, 0.4) is 0 Å². The number of carbonyl (C=O) groups is 1. The molecule has 0 aliphatic heterocycles. The molecule has 0 aromatic heterocycles. The molecular formula is C21H16Cl2N2O8S2. The number of carboxylic acids is 1. The summed E-state index contributed by atoms with van der Waals surface area (Å²) in [5.41, 5.74) is -1.20. The number of aromatic carboxylic acids is 1. The second-order valence-electron chi connectivity index (χ2n) is 6.73. The van der Waals surface area contributed by atoms with Crippen molar-refractivity contribution >= 4 is 62.3 Å². The molecule has 0 amide bonds. The quantitative estimate of drug-likeness (QED) is 0.254. The third-order valence-electron chi connectivity index (χ3n) is 4.55. The van der Waals surface area contributed by atoms with E-state index >= 15 is 0 Å². The molecule has 14 heteroatoms. The number of rotatable bonds is 9. The Hall–Kier alpha value is -3.19. The number of nitrogens with one attached hydrogen (secondary N) is 1. The zero-order valence-electron chi connectivity index (χ0n) is 17.9. The smallest absolute Gasteiger partial charge is 0.337 e. The number of hydrogen-bond donors (Lipinski definition) is 2. The number of sulfonamides is 1. The minimum Gasteiger partial charge on any atom is -0.493 e. The van der Waals surface area contributed by atoms with Gasteiger partial charge in [-0.1, -0.05) is 35.0 Å². The average Bonchev–Trinajstić information content (AvgIpc) is 2.80. The molecule has 0 spiro atoms. The molecule has 3 aromatic carbocycles. The molecule has 0 saturated heterocycles. The lowest BCUT2D eigenvalue weighted by atomic mass is 10.1. The Bertz CT molecular complexity index is 1430. The van der Waals surface area contributed by atoms with Gasteiger partial charge in [0, 0.05) is 23.1 Å². The Morgan fingerprint density at radius 2 is 1.69 bits per heavy atom. The number of anilines is 1. The van der Waals surface area contributed by atoms with Crippen LogP contribution in [-0.2, 0) is 10.0 Å². The highest BCUT2D eigenvalue weighted by Crippen LogP contribution is 2.39. The van der Waals surface area contributed by atoms with Crippen molar-refractivity contribution in [2.24, 2.45) is 0 Å². The van der Waals surface area contributed by atoms with Gasteiger partial charge in [0.05, 0.1) is 50.2 Å². The fourth-order valence-electron chi connectivity index (χ4n) is 2.90. The maximum absolute atomic E-state index is 13.0. The number of methoxy groups -OCH3 is 2. The van der Waals surface area contributed by atoms with Gasteiger partial charge in [-0.05, 0) is 30.3 Å². The first-order valence-corrected chi connectivity index (χ1v) is 12.5. The van der Waals surface area contributed by atoms with Gasteiger partial charge in [-0.25, -0.2) is 13.2 Å². The van der Waals surface area contributed by atoms with E-state index in [1.165, 1.54) is 32.4 Å². The number of ether oxygens (including phenoxy) is 2. The first-order chi connectivity index (χ1) is 16.5. The molecule has 3 rings (SSSR count). The lowest BCUT2D eigenvalue weighted by molar-refractivity contribution is -0.388. The van der Waals surface area contributed by atoms with Crippen LogP contribution in [0.25, 0.3) is 0 Å². The Morgan fingerprint density at radius 1 is 1.03 bits per heavy atom. The topological polar surface area (TPSA) is 145 Å². The number of nitrogens with zero attached hydrogens (tertiary/aromatic N) is 1. The van der Waals surface area contributed by atoms with Crippen molar-refractivity contribution in [3.05, 3.63) is 74.3 Å². The molecule has 0 unspecified atom stereocenters. The zero-order valence-corrected chi connectivity index (χ0v) is 21.1. The van der Waals surface area contributed by atoms with E-state index in [9.17, 15) is 28.4 Å². The van der Waals surface area contributed by atoms with E-state index in [4.69, 9.17) is 32.7 Å². The summed E-state index contributed by atoms with van der Waals surface area (Å²) in [6.45, 7) is 0. The second kappa shape index (κ2) is 10.6. The summed E-state index contributed by atoms with van der Waals surface area (Å²) in [6, 6.07) is 10.2. The van der Waals surface area contributed by atoms with Crippen molar-refractivity contribution in [3.8, 4) is 11.5 Å². The zero-order chi connectivity index (χ0) is 25.9. The van der Waals surface area contributed by atoms with Crippen LogP contribution in [0.5, 0.6) is 11.5 Å². The standard InChI is InChI=1S/C21H16Cl2N2O8S2/c1-32-18-9-13(21(26)27)16(10-19(18)33-2)24-35(30,31)12-4-6-20(17(8-12)25(28)29)34-11-3-5-14(22)15(23)7-11/h3-10,24H,1-2H3,(H,26,27). The molecule has 0 atom stereocenters. The molecule has 0 aliphatic carbocycles. The van der Waals surface area contributed by atoms with E-state index in [0.29, 0.717) is 9.92 Å². The number of nitro benzene ring substituents is 1. The summed E-state index contributed by atoms with van der Waals surface area (Å²) in [6.07, 6.45) is 0. The monoisotopic (exact) mass is 558 g/mol. The van der Waals surface area contributed by atoms with Crippen LogP contribution in [0.15, 0.2) is 63.2 Å². The summed E-state index contributed by atoms with van der Waals surface area (Å²) in [5.74, 6) is -1.27. The highest BCUT2D eigenvalue weighted by molar-refractivity contribution is 7.99. The van der Waals surface area contributed by atoms with Crippen LogP contribution >= 0.6 is 35.0 Å². The molecule has 0 heterocycles. The van der Waals surface area contributed by atoms with Gasteiger partial charge >= 0.3 is 5.97 Å². The number of halogens is 2. The highest BCUT2D eigenvalue weighted by atomic mass is 35.5. The first-order valence-electron chi connectivity index (χ1n) is 9.40. The molecule has 0 radical (unpaired) electrons. The van der Waals surface area contributed by atoms with Gasteiger partial charge in [-0.15, -0.1) is 0 Å². The molecule has 3 aromatic rings. The first kappa shape index (κ1) is 26.4. The molecule has 35 heavy (non-hydrogen) atoms. The van der Waals surface area contributed by atoms with Crippen LogP contribution in [0, 0.1) is 10.1 Å². The van der Waals surface area contributed by atoms with E-state index in [1.807, 2.05) is 0 Å². The van der Waals surface area contributed by atoms with E-state index in [-0.39, 0.29) is 27.1 Å². The van der Waals surface area contributed by atoms with Gasteiger partial charge in [0.2, 0.25) is 0 Å². The van der Waals surface area contributed by atoms with Crippen molar-refractivity contribution in [1.82, 2.24) is 0 Å². The largest absolute Gasteiger partial charge is 0.493 e. The number of hydrogen-bond acceptors (Lipinski definition) is 8. The fourth-order valence-corrected chi connectivity index (χ4v) is 5.30. The van der Waals surface area contributed by atoms with E-state index in [1.54, 1.807) is 6.07 Å². The third kappa shape index (κ3) is 5.90. The molecule has 0 bridgehead atoms. The van der Waals surface area contributed by atoms with Crippen molar-refractivity contribution in [1.29, 1.82) is 0 Å². The second-order valence-corrected chi connectivity index (χ2v) is 10.3. The van der Waals surface area contributed by atoms with Crippen LogP contribution in [0.1, 0.15) is 10.4 Å². The van der Waals surface area contributed by atoms with Gasteiger partial charge < -0.3 is 14.6 Å². The van der Waals surface area contributed by atoms with Gasteiger partial charge in [0.15, 0.2) is 11.5 Å². The van der Waals surface area contributed by atoms with E-state index in [0.717, 1.165) is 36.0 Å².